The van der Waals surface area contributed by atoms with Gasteiger partial charge < -0.3 is 15.5 Å². The van der Waals surface area contributed by atoms with Crippen molar-refractivity contribution in [3.8, 4) is 0 Å². The van der Waals surface area contributed by atoms with Gasteiger partial charge in [-0.15, -0.1) is 24.0 Å². The van der Waals surface area contributed by atoms with E-state index >= 15 is 0 Å². The first-order valence-corrected chi connectivity index (χ1v) is 10.8. The second kappa shape index (κ2) is 10.8. The molecular formula is C16H33IN4O2S. The molecule has 8 heteroatoms. The standard InChI is InChI=1S/C16H32N4O2S.HI/c1-3-17-16(19-15-8-12-23(21,22)13-15)18-9-6-11-20-10-5-4-7-14(20)2;/h14-15H,3-13H2,1-2H3,(H2,17,18,19);1H. The average Bonchev–Trinajstić information content (AvgIpc) is 2.84. The van der Waals surface area contributed by atoms with Gasteiger partial charge in [0.25, 0.3) is 0 Å². The number of halogens is 1. The zero-order valence-electron chi connectivity index (χ0n) is 15.0. The van der Waals surface area contributed by atoms with Gasteiger partial charge in [-0.3, -0.25) is 4.99 Å². The van der Waals surface area contributed by atoms with Gasteiger partial charge in [0, 0.05) is 31.7 Å². The maximum absolute atomic E-state index is 11.5. The minimum Gasteiger partial charge on any atom is -0.357 e. The molecule has 2 aliphatic rings. The molecule has 2 unspecified atom stereocenters. The fourth-order valence-electron chi connectivity index (χ4n) is 3.38. The maximum atomic E-state index is 11.5. The van der Waals surface area contributed by atoms with Crippen LogP contribution in [0.15, 0.2) is 4.99 Å². The molecule has 0 aromatic heterocycles. The van der Waals surface area contributed by atoms with E-state index in [1.54, 1.807) is 0 Å². The fraction of sp³-hybridized carbons (Fsp3) is 0.938. The van der Waals surface area contributed by atoms with Crippen LogP contribution in [-0.4, -0.2) is 69.0 Å². The van der Waals surface area contributed by atoms with Crippen molar-refractivity contribution in [2.45, 2.75) is 58.0 Å². The highest BCUT2D eigenvalue weighted by Gasteiger charge is 2.28. The molecule has 0 radical (unpaired) electrons. The van der Waals surface area contributed by atoms with Crippen molar-refractivity contribution >= 4 is 39.8 Å². The second-order valence-corrected chi connectivity index (χ2v) is 8.97. The van der Waals surface area contributed by atoms with E-state index in [0.29, 0.717) is 12.5 Å². The van der Waals surface area contributed by atoms with Crippen LogP contribution in [0.1, 0.15) is 46.0 Å². The number of hydrogen-bond donors (Lipinski definition) is 2. The van der Waals surface area contributed by atoms with E-state index in [0.717, 1.165) is 32.0 Å². The molecular weight excluding hydrogens is 439 g/mol. The zero-order chi connectivity index (χ0) is 16.7. The van der Waals surface area contributed by atoms with Gasteiger partial charge in [0.2, 0.25) is 0 Å². The Bertz CT molecular complexity index is 498. The lowest BCUT2D eigenvalue weighted by Crippen LogP contribution is -2.44. The minimum absolute atomic E-state index is 0. The molecule has 0 amide bonds. The van der Waals surface area contributed by atoms with Gasteiger partial charge in [-0.05, 0) is 46.1 Å². The van der Waals surface area contributed by atoms with Gasteiger partial charge in [0.05, 0.1) is 11.5 Å². The van der Waals surface area contributed by atoms with Crippen molar-refractivity contribution < 1.29 is 8.42 Å². The van der Waals surface area contributed by atoms with Crippen LogP contribution in [0.25, 0.3) is 0 Å². The first-order valence-electron chi connectivity index (χ1n) is 8.99. The molecule has 0 saturated carbocycles. The molecule has 6 nitrogen and oxygen atoms in total. The van der Waals surface area contributed by atoms with E-state index in [4.69, 9.17) is 0 Å². The lowest BCUT2D eigenvalue weighted by Gasteiger charge is -2.33. The molecule has 2 heterocycles. The highest BCUT2D eigenvalue weighted by Crippen LogP contribution is 2.16. The summed E-state index contributed by atoms with van der Waals surface area (Å²) in [5.41, 5.74) is 0. The van der Waals surface area contributed by atoms with Gasteiger partial charge in [-0.25, -0.2) is 8.42 Å². The van der Waals surface area contributed by atoms with Crippen LogP contribution in [0.4, 0.5) is 0 Å². The number of rotatable bonds is 6. The third-order valence-electron chi connectivity index (χ3n) is 4.73. The Hall–Kier alpha value is -0.0900. The number of sulfone groups is 1. The SMILES string of the molecule is CCNC(=NCCCN1CCCCC1C)NC1CCS(=O)(=O)C1.I. The average molecular weight is 472 g/mol. The Morgan fingerprint density at radius 2 is 2.08 bits per heavy atom. The topological polar surface area (TPSA) is 73.8 Å². The number of nitrogens with zero attached hydrogens (tertiary/aromatic N) is 2. The summed E-state index contributed by atoms with van der Waals surface area (Å²) in [4.78, 5) is 7.17. The first-order chi connectivity index (χ1) is 11.0. The van der Waals surface area contributed by atoms with Crippen LogP contribution < -0.4 is 10.6 Å². The number of nitrogens with one attached hydrogen (secondary N) is 2. The third kappa shape index (κ3) is 7.43. The fourth-order valence-corrected chi connectivity index (χ4v) is 5.05. The summed E-state index contributed by atoms with van der Waals surface area (Å²) in [6, 6.07) is 0.697. The minimum atomic E-state index is -2.85. The Labute approximate surface area is 164 Å². The van der Waals surface area contributed by atoms with E-state index in [2.05, 4.69) is 27.4 Å². The normalized spacial score (nSPS) is 27.5. The lowest BCUT2D eigenvalue weighted by molar-refractivity contribution is 0.160. The molecule has 2 atom stereocenters. The molecule has 0 bridgehead atoms. The van der Waals surface area contributed by atoms with Crippen molar-refractivity contribution in [2.24, 2.45) is 4.99 Å². The highest BCUT2D eigenvalue weighted by molar-refractivity contribution is 14.0. The van der Waals surface area contributed by atoms with Crippen LogP contribution in [0.3, 0.4) is 0 Å². The largest absolute Gasteiger partial charge is 0.357 e. The van der Waals surface area contributed by atoms with Crippen molar-refractivity contribution in [1.82, 2.24) is 15.5 Å². The van der Waals surface area contributed by atoms with Crippen molar-refractivity contribution in [2.75, 3.05) is 37.7 Å². The number of aliphatic imine (C=N–C) groups is 1. The molecule has 2 rings (SSSR count). The Balaban J connectivity index is 0.00000288. The smallest absolute Gasteiger partial charge is 0.191 e. The van der Waals surface area contributed by atoms with Crippen LogP contribution in [0.2, 0.25) is 0 Å². The highest BCUT2D eigenvalue weighted by atomic mass is 127. The van der Waals surface area contributed by atoms with Gasteiger partial charge in [0.15, 0.2) is 15.8 Å². The number of guanidine groups is 1. The molecule has 2 aliphatic heterocycles. The summed E-state index contributed by atoms with van der Waals surface area (Å²) in [6.07, 6.45) is 5.70. The molecule has 0 spiro atoms. The van der Waals surface area contributed by atoms with Crippen molar-refractivity contribution in [3.63, 3.8) is 0 Å². The van der Waals surface area contributed by atoms with E-state index in [1.165, 1.54) is 25.8 Å². The summed E-state index contributed by atoms with van der Waals surface area (Å²) in [5, 5.41) is 6.48. The first kappa shape index (κ1) is 22.0. The van der Waals surface area contributed by atoms with Crippen molar-refractivity contribution in [1.29, 1.82) is 0 Å². The monoisotopic (exact) mass is 472 g/mol. The van der Waals surface area contributed by atoms with E-state index in [9.17, 15) is 8.42 Å². The second-order valence-electron chi connectivity index (χ2n) is 6.74. The van der Waals surface area contributed by atoms with E-state index < -0.39 is 9.84 Å². The van der Waals surface area contributed by atoms with E-state index in [1.807, 2.05) is 6.92 Å². The summed E-state index contributed by atoms with van der Waals surface area (Å²) >= 11 is 0. The maximum Gasteiger partial charge on any atom is 0.191 e. The Morgan fingerprint density at radius 1 is 1.29 bits per heavy atom. The summed E-state index contributed by atoms with van der Waals surface area (Å²) in [7, 11) is -2.85. The molecule has 0 aromatic carbocycles. The van der Waals surface area contributed by atoms with E-state index in [-0.39, 0.29) is 41.5 Å². The molecule has 2 N–H and O–H groups in total. The third-order valence-corrected chi connectivity index (χ3v) is 6.50. The Kier molecular flexibility index (Phi) is 9.88. The zero-order valence-corrected chi connectivity index (χ0v) is 18.1. The number of likely N-dealkylation sites (tertiary alicyclic amines) is 1. The van der Waals surface area contributed by atoms with Crippen LogP contribution in [0.5, 0.6) is 0 Å². The predicted molar refractivity (Wildman–Crippen MR) is 111 cm³/mol. The molecule has 24 heavy (non-hydrogen) atoms. The molecule has 2 saturated heterocycles. The van der Waals surface area contributed by atoms with Gasteiger partial charge >= 0.3 is 0 Å². The summed E-state index contributed by atoms with van der Waals surface area (Å²) in [6.45, 7) is 8.21. The van der Waals surface area contributed by atoms with Gasteiger partial charge in [-0.2, -0.15) is 0 Å². The Morgan fingerprint density at radius 3 is 2.71 bits per heavy atom. The number of hydrogen-bond acceptors (Lipinski definition) is 4. The van der Waals surface area contributed by atoms with Crippen LogP contribution in [-0.2, 0) is 9.84 Å². The molecule has 2 fully saturated rings. The molecule has 142 valence electrons. The molecule has 0 aliphatic carbocycles. The van der Waals surface area contributed by atoms with Gasteiger partial charge in [-0.1, -0.05) is 6.42 Å². The quantitative estimate of drug-likeness (QED) is 0.266. The lowest BCUT2D eigenvalue weighted by atomic mass is 10.0. The summed E-state index contributed by atoms with van der Waals surface area (Å²) in [5.74, 6) is 1.26. The van der Waals surface area contributed by atoms with Gasteiger partial charge in [0.1, 0.15) is 0 Å². The molecule has 0 aromatic rings. The predicted octanol–water partition coefficient (Wildman–Crippen LogP) is 1.61. The number of piperidine rings is 1. The van der Waals surface area contributed by atoms with Crippen LogP contribution >= 0.6 is 24.0 Å². The summed E-state index contributed by atoms with van der Waals surface area (Å²) < 4.78 is 23.1. The van der Waals surface area contributed by atoms with Crippen LogP contribution in [0, 0.1) is 0 Å². The van der Waals surface area contributed by atoms with Crippen molar-refractivity contribution in [3.05, 3.63) is 0 Å².